The minimum absolute atomic E-state index is 0.254. The van der Waals surface area contributed by atoms with Gasteiger partial charge in [-0.1, -0.05) is 6.07 Å². The molecule has 1 N–H and O–H groups in total. The second-order valence-electron chi connectivity index (χ2n) is 3.77. The first-order chi connectivity index (χ1) is 8.66. The molecule has 0 saturated heterocycles. The van der Waals surface area contributed by atoms with Gasteiger partial charge in [-0.05, 0) is 33.6 Å². The lowest BCUT2D eigenvalue weighted by Crippen LogP contribution is -2.52. The maximum absolute atomic E-state index is 13.2. The number of methoxy groups -OCH3 is 1. The Morgan fingerprint density at radius 1 is 1.42 bits per heavy atom. The highest BCUT2D eigenvalue weighted by molar-refractivity contribution is 9.10. The Kier molecular flexibility index (Phi) is 4.57. The minimum atomic E-state index is -5.09. The van der Waals surface area contributed by atoms with E-state index in [0.717, 1.165) is 25.3 Å². The second-order valence-corrected chi connectivity index (χ2v) is 4.62. The normalized spacial score (nSPS) is 15.1. The van der Waals surface area contributed by atoms with Crippen molar-refractivity contribution in [3.8, 4) is 0 Å². The van der Waals surface area contributed by atoms with Gasteiger partial charge in [-0.15, -0.1) is 0 Å². The van der Waals surface area contributed by atoms with Crippen molar-refractivity contribution in [3.63, 3.8) is 0 Å². The molecule has 106 valence electrons. The Hall–Kier alpha value is -1.15. The summed E-state index contributed by atoms with van der Waals surface area (Å²) in [6.45, 7) is -1.11. The van der Waals surface area contributed by atoms with E-state index in [4.69, 9.17) is 5.11 Å². The molecule has 0 unspecified atom stereocenters. The molecule has 0 aliphatic rings. The Morgan fingerprint density at radius 2 is 2.00 bits per heavy atom. The number of hydrogen-bond acceptors (Lipinski definition) is 2. The number of aliphatic carboxylic acids is 1. The van der Waals surface area contributed by atoms with E-state index < -0.39 is 35.5 Å². The lowest BCUT2D eigenvalue weighted by atomic mass is 9.80. The van der Waals surface area contributed by atoms with Gasteiger partial charge in [0.2, 0.25) is 5.41 Å². The number of carbonyl (C=O) groups is 1. The fourth-order valence-electron chi connectivity index (χ4n) is 1.61. The molecule has 3 nitrogen and oxygen atoms in total. The number of carboxylic acids is 1. The predicted octanol–water partition coefficient (Wildman–Crippen LogP) is 3.12. The number of ether oxygens (including phenoxy) is 1. The zero-order chi connectivity index (χ0) is 14.8. The molecule has 0 aliphatic heterocycles. The van der Waals surface area contributed by atoms with Crippen molar-refractivity contribution in [2.75, 3.05) is 13.7 Å². The molecule has 0 fully saturated rings. The molecule has 1 rings (SSSR count). The SMILES string of the molecule is COC[C@@](C(=O)O)(c1ccc(F)c(Br)c1)C(F)(F)F. The van der Waals surface area contributed by atoms with Crippen LogP contribution < -0.4 is 0 Å². The minimum Gasteiger partial charge on any atom is -0.480 e. The van der Waals surface area contributed by atoms with E-state index >= 15 is 0 Å². The highest BCUT2D eigenvalue weighted by atomic mass is 79.9. The first-order valence-corrected chi connectivity index (χ1v) is 5.70. The van der Waals surface area contributed by atoms with Crippen LogP contribution in [0.3, 0.4) is 0 Å². The first-order valence-electron chi connectivity index (χ1n) is 4.91. The van der Waals surface area contributed by atoms with E-state index in [9.17, 15) is 22.4 Å². The van der Waals surface area contributed by atoms with Crippen molar-refractivity contribution >= 4 is 21.9 Å². The van der Waals surface area contributed by atoms with Crippen LogP contribution in [-0.4, -0.2) is 31.0 Å². The summed E-state index contributed by atoms with van der Waals surface area (Å²) in [4.78, 5) is 11.1. The van der Waals surface area contributed by atoms with Crippen LogP contribution in [-0.2, 0) is 14.9 Å². The van der Waals surface area contributed by atoms with Crippen LogP contribution in [0.5, 0.6) is 0 Å². The van der Waals surface area contributed by atoms with Crippen LogP contribution in [0.1, 0.15) is 5.56 Å². The van der Waals surface area contributed by atoms with Gasteiger partial charge in [0.05, 0.1) is 11.1 Å². The summed E-state index contributed by atoms with van der Waals surface area (Å²) < 4.78 is 56.7. The van der Waals surface area contributed by atoms with Gasteiger partial charge in [-0.3, -0.25) is 4.79 Å². The van der Waals surface area contributed by atoms with E-state index in [-0.39, 0.29) is 4.47 Å². The topological polar surface area (TPSA) is 46.5 Å². The van der Waals surface area contributed by atoms with Crippen molar-refractivity contribution in [3.05, 3.63) is 34.1 Å². The molecule has 0 bridgehead atoms. The lowest BCUT2D eigenvalue weighted by molar-refractivity contribution is -0.214. The van der Waals surface area contributed by atoms with Crippen molar-refractivity contribution < 1.29 is 32.2 Å². The largest absolute Gasteiger partial charge is 0.480 e. The summed E-state index contributed by atoms with van der Waals surface area (Å²) in [7, 11) is 0.960. The number of alkyl halides is 3. The molecule has 1 aromatic rings. The monoisotopic (exact) mass is 344 g/mol. The van der Waals surface area contributed by atoms with E-state index in [1.165, 1.54) is 0 Å². The van der Waals surface area contributed by atoms with Crippen LogP contribution in [0.25, 0.3) is 0 Å². The second kappa shape index (κ2) is 5.46. The lowest BCUT2D eigenvalue weighted by Gasteiger charge is -2.31. The summed E-state index contributed by atoms with van der Waals surface area (Å²) in [5, 5.41) is 9.00. The quantitative estimate of drug-likeness (QED) is 0.853. The van der Waals surface area contributed by atoms with E-state index in [1.807, 2.05) is 0 Å². The molecule has 0 saturated carbocycles. The molecule has 0 aliphatic carbocycles. The Balaban J connectivity index is 3.54. The third kappa shape index (κ3) is 2.74. The highest BCUT2D eigenvalue weighted by Crippen LogP contribution is 2.42. The van der Waals surface area contributed by atoms with Gasteiger partial charge in [0, 0.05) is 7.11 Å². The van der Waals surface area contributed by atoms with Gasteiger partial charge < -0.3 is 9.84 Å². The van der Waals surface area contributed by atoms with Crippen molar-refractivity contribution in [1.82, 2.24) is 0 Å². The fourth-order valence-corrected chi connectivity index (χ4v) is 1.99. The molecule has 19 heavy (non-hydrogen) atoms. The summed E-state index contributed by atoms with van der Waals surface area (Å²) in [6.07, 6.45) is -5.09. The molecule has 1 atom stereocenters. The third-order valence-electron chi connectivity index (χ3n) is 2.62. The summed E-state index contributed by atoms with van der Waals surface area (Å²) >= 11 is 2.73. The molecular weight excluding hydrogens is 336 g/mol. The van der Waals surface area contributed by atoms with Gasteiger partial charge in [-0.2, -0.15) is 13.2 Å². The van der Waals surface area contributed by atoms with Gasteiger partial charge in [0.25, 0.3) is 0 Å². The number of rotatable bonds is 4. The molecule has 0 aromatic heterocycles. The zero-order valence-corrected chi connectivity index (χ0v) is 11.2. The fraction of sp³-hybridized carbons (Fsp3) is 0.364. The number of hydrogen-bond donors (Lipinski definition) is 1. The van der Waals surface area contributed by atoms with E-state index in [1.54, 1.807) is 0 Å². The van der Waals surface area contributed by atoms with E-state index in [2.05, 4.69) is 20.7 Å². The molecular formula is C11H9BrF4O3. The van der Waals surface area contributed by atoms with Gasteiger partial charge in [0.1, 0.15) is 5.82 Å². The van der Waals surface area contributed by atoms with Crippen LogP contribution in [0.2, 0.25) is 0 Å². The Morgan fingerprint density at radius 3 is 2.37 bits per heavy atom. The smallest absolute Gasteiger partial charge is 0.411 e. The molecule has 8 heteroatoms. The Labute approximate surface area is 114 Å². The summed E-state index contributed by atoms with van der Waals surface area (Å²) in [5.41, 5.74) is -3.85. The maximum atomic E-state index is 13.2. The van der Waals surface area contributed by atoms with Crippen LogP contribution in [0.15, 0.2) is 22.7 Å². The van der Waals surface area contributed by atoms with Crippen LogP contribution in [0.4, 0.5) is 17.6 Å². The Bertz CT molecular complexity index is 489. The van der Waals surface area contributed by atoms with Crippen LogP contribution in [0, 0.1) is 5.82 Å². The molecule has 0 amide bonds. The predicted molar refractivity (Wildman–Crippen MR) is 61.3 cm³/mol. The first kappa shape index (κ1) is 15.9. The number of halogens is 5. The third-order valence-corrected chi connectivity index (χ3v) is 3.23. The average molecular weight is 345 g/mol. The molecule has 0 heterocycles. The standard InChI is InChI=1S/C11H9BrF4O3/c1-19-5-10(9(17)18,11(14,15)16)6-2-3-8(13)7(12)4-6/h2-4H,5H2,1H3,(H,17,18)/t10-/m0/s1. The molecule has 0 radical (unpaired) electrons. The van der Waals surface area contributed by atoms with Crippen molar-refractivity contribution in [2.45, 2.75) is 11.6 Å². The zero-order valence-electron chi connectivity index (χ0n) is 9.59. The highest BCUT2D eigenvalue weighted by Gasteiger charge is 2.62. The van der Waals surface area contributed by atoms with E-state index in [0.29, 0.717) is 0 Å². The van der Waals surface area contributed by atoms with Gasteiger partial charge >= 0.3 is 12.1 Å². The maximum Gasteiger partial charge on any atom is 0.411 e. The van der Waals surface area contributed by atoms with Gasteiger partial charge in [-0.25, -0.2) is 4.39 Å². The van der Waals surface area contributed by atoms with Crippen molar-refractivity contribution in [2.24, 2.45) is 0 Å². The number of benzene rings is 1. The van der Waals surface area contributed by atoms with Crippen LogP contribution >= 0.6 is 15.9 Å². The van der Waals surface area contributed by atoms with Crippen molar-refractivity contribution in [1.29, 1.82) is 0 Å². The molecule has 1 aromatic carbocycles. The molecule has 0 spiro atoms. The number of carboxylic acid groups (broad SMARTS) is 1. The summed E-state index contributed by atoms with van der Waals surface area (Å²) in [5.74, 6) is -2.90. The summed E-state index contributed by atoms with van der Waals surface area (Å²) in [6, 6.07) is 2.33. The van der Waals surface area contributed by atoms with Gasteiger partial charge in [0.15, 0.2) is 0 Å². The average Bonchev–Trinajstić information content (AvgIpc) is 2.27.